The summed E-state index contributed by atoms with van der Waals surface area (Å²) in [6.07, 6.45) is 1.11. The van der Waals surface area contributed by atoms with E-state index in [-0.39, 0.29) is 7.05 Å². The molecule has 0 aliphatic heterocycles. The summed E-state index contributed by atoms with van der Waals surface area (Å²) in [6, 6.07) is 0. The highest BCUT2D eigenvalue weighted by Gasteiger charge is 2.15. The molecule has 1 N–H and O–H groups in total. The molecule has 66 valence electrons. The molecule has 2 nitrogen and oxygen atoms in total. The Morgan fingerprint density at radius 3 is 2.27 bits per heavy atom. The standard InChI is InChI=1S/C8H20BNO/c1-5-6-10(9(4)11)7-8(2)3/h8,11H,5-7H2,1-4H3. The Hall–Kier alpha value is -0.0151. The van der Waals surface area contributed by atoms with Crippen LogP contribution in [0.2, 0.25) is 6.82 Å². The lowest BCUT2D eigenvalue weighted by molar-refractivity contribution is 0.329. The summed E-state index contributed by atoms with van der Waals surface area (Å²) < 4.78 is 0. The first-order valence-electron chi connectivity index (χ1n) is 4.50. The first kappa shape index (κ1) is 11.0. The topological polar surface area (TPSA) is 23.5 Å². The molecule has 0 aromatic rings. The van der Waals surface area contributed by atoms with E-state index in [0.717, 1.165) is 19.5 Å². The molecular formula is C8H20BNO. The summed E-state index contributed by atoms with van der Waals surface area (Å²) in [5.74, 6) is 0.635. The van der Waals surface area contributed by atoms with Gasteiger partial charge < -0.3 is 9.83 Å². The van der Waals surface area contributed by atoms with Crippen LogP contribution in [0.5, 0.6) is 0 Å². The highest BCUT2D eigenvalue weighted by atomic mass is 16.2. The summed E-state index contributed by atoms with van der Waals surface area (Å²) in [5.41, 5.74) is 0. The second-order valence-electron chi connectivity index (χ2n) is 3.52. The van der Waals surface area contributed by atoms with Crippen molar-refractivity contribution in [2.75, 3.05) is 13.1 Å². The molecule has 11 heavy (non-hydrogen) atoms. The average Bonchev–Trinajstić information content (AvgIpc) is 1.86. The summed E-state index contributed by atoms with van der Waals surface area (Å²) in [7, 11) is -0.294. The van der Waals surface area contributed by atoms with E-state index in [1.165, 1.54) is 0 Å². The quantitative estimate of drug-likeness (QED) is 0.610. The fourth-order valence-corrected chi connectivity index (χ4v) is 1.19. The fraction of sp³-hybridized carbons (Fsp3) is 1.00. The Bertz CT molecular complexity index is 96.1. The van der Waals surface area contributed by atoms with Gasteiger partial charge in [0.2, 0.25) is 0 Å². The van der Waals surface area contributed by atoms with Gasteiger partial charge in [0.25, 0.3) is 0 Å². The van der Waals surface area contributed by atoms with Crippen molar-refractivity contribution in [3.8, 4) is 0 Å². The van der Waals surface area contributed by atoms with Crippen LogP contribution in [0.3, 0.4) is 0 Å². The molecule has 0 atom stereocenters. The van der Waals surface area contributed by atoms with Crippen LogP contribution in [-0.4, -0.2) is 30.0 Å². The smallest absolute Gasteiger partial charge is 0.376 e. The Morgan fingerprint density at radius 1 is 1.45 bits per heavy atom. The zero-order valence-corrected chi connectivity index (χ0v) is 8.17. The highest BCUT2D eigenvalue weighted by molar-refractivity contribution is 6.45. The van der Waals surface area contributed by atoms with Crippen molar-refractivity contribution in [1.29, 1.82) is 0 Å². The van der Waals surface area contributed by atoms with Crippen LogP contribution in [0.4, 0.5) is 0 Å². The SMILES string of the molecule is CCCN(CC(C)C)B(C)O. The normalized spacial score (nSPS) is 11.2. The second kappa shape index (κ2) is 5.61. The van der Waals surface area contributed by atoms with E-state index in [0.29, 0.717) is 5.92 Å². The van der Waals surface area contributed by atoms with Crippen molar-refractivity contribution < 1.29 is 5.02 Å². The molecule has 0 fully saturated rings. The number of rotatable bonds is 5. The summed E-state index contributed by atoms with van der Waals surface area (Å²) in [4.78, 5) is 2.10. The molecule has 0 bridgehead atoms. The zero-order chi connectivity index (χ0) is 8.85. The van der Waals surface area contributed by atoms with Crippen LogP contribution in [-0.2, 0) is 0 Å². The summed E-state index contributed by atoms with van der Waals surface area (Å²) in [5, 5.41) is 9.32. The third kappa shape index (κ3) is 5.28. The highest BCUT2D eigenvalue weighted by Crippen LogP contribution is 2.00. The molecule has 3 heteroatoms. The van der Waals surface area contributed by atoms with E-state index in [1.807, 2.05) is 6.82 Å². The lowest BCUT2D eigenvalue weighted by atomic mass is 9.84. The summed E-state index contributed by atoms with van der Waals surface area (Å²) in [6.45, 7) is 10.3. The third-order valence-corrected chi connectivity index (χ3v) is 1.64. The van der Waals surface area contributed by atoms with Gasteiger partial charge in [-0.1, -0.05) is 20.8 Å². The number of hydrogen-bond donors (Lipinski definition) is 1. The third-order valence-electron chi connectivity index (χ3n) is 1.64. The summed E-state index contributed by atoms with van der Waals surface area (Å²) >= 11 is 0. The van der Waals surface area contributed by atoms with Gasteiger partial charge in [-0.05, 0) is 32.3 Å². The van der Waals surface area contributed by atoms with E-state index in [4.69, 9.17) is 0 Å². The van der Waals surface area contributed by atoms with E-state index in [9.17, 15) is 5.02 Å². The van der Waals surface area contributed by atoms with Gasteiger partial charge in [0.05, 0.1) is 0 Å². The van der Waals surface area contributed by atoms with E-state index < -0.39 is 0 Å². The minimum atomic E-state index is -0.294. The van der Waals surface area contributed by atoms with Crippen LogP contribution >= 0.6 is 0 Å². The molecule has 0 aromatic carbocycles. The van der Waals surface area contributed by atoms with Gasteiger partial charge in [0.15, 0.2) is 0 Å². The van der Waals surface area contributed by atoms with Crippen LogP contribution in [0.25, 0.3) is 0 Å². The minimum absolute atomic E-state index is 0.294. The predicted molar refractivity (Wildman–Crippen MR) is 50.5 cm³/mol. The van der Waals surface area contributed by atoms with Crippen LogP contribution < -0.4 is 0 Å². The maximum Gasteiger partial charge on any atom is 0.376 e. The largest absolute Gasteiger partial charge is 0.437 e. The minimum Gasteiger partial charge on any atom is -0.437 e. The Kier molecular flexibility index (Phi) is 5.60. The molecule has 0 unspecified atom stereocenters. The van der Waals surface area contributed by atoms with Crippen LogP contribution in [0.1, 0.15) is 27.2 Å². The molecule has 0 radical (unpaired) electrons. The maximum absolute atomic E-state index is 9.32. The molecule has 0 spiro atoms. The zero-order valence-electron chi connectivity index (χ0n) is 8.17. The average molecular weight is 157 g/mol. The monoisotopic (exact) mass is 157 g/mol. The predicted octanol–water partition coefficient (Wildman–Crippen LogP) is 1.46. The first-order valence-corrected chi connectivity index (χ1v) is 4.50. The lowest BCUT2D eigenvalue weighted by Gasteiger charge is -2.24. The van der Waals surface area contributed by atoms with Gasteiger partial charge in [-0.3, -0.25) is 0 Å². The molecule has 0 aliphatic rings. The van der Waals surface area contributed by atoms with E-state index in [1.54, 1.807) is 0 Å². The van der Waals surface area contributed by atoms with E-state index >= 15 is 0 Å². The molecule has 0 amide bonds. The van der Waals surface area contributed by atoms with Crippen LogP contribution in [0.15, 0.2) is 0 Å². The van der Waals surface area contributed by atoms with Crippen molar-refractivity contribution in [1.82, 2.24) is 4.81 Å². The Morgan fingerprint density at radius 2 is 2.00 bits per heavy atom. The molecule has 0 saturated carbocycles. The van der Waals surface area contributed by atoms with Crippen molar-refractivity contribution in [3.05, 3.63) is 0 Å². The van der Waals surface area contributed by atoms with Gasteiger partial charge in [0, 0.05) is 0 Å². The van der Waals surface area contributed by atoms with Gasteiger partial charge in [-0.15, -0.1) is 0 Å². The van der Waals surface area contributed by atoms with Crippen molar-refractivity contribution in [3.63, 3.8) is 0 Å². The Labute approximate surface area is 70.7 Å². The maximum atomic E-state index is 9.32. The van der Waals surface area contributed by atoms with Gasteiger partial charge in [-0.2, -0.15) is 0 Å². The molecular weight excluding hydrogens is 137 g/mol. The molecule has 0 aromatic heterocycles. The van der Waals surface area contributed by atoms with Crippen molar-refractivity contribution >= 4 is 7.05 Å². The lowest BCUT2D eigenvalue weighted by Crippen LogP contribution is -2.40. The molecule has 0 heterocycles. The number of hydrogen-bond acceptors (Lipinski definition) is 2. The molecule has 0 aliphatic carbocycles. The van der Waals surface area contributed by atoms with Crippen molar-refractivity contribution in [2.24, 2.45) is 5.92 Å². The van der Waals surface area contributed by atoms with Crippen molar-refractivity contribution in [2.45, 2.75) is 34.0 Å². The fourth-order valence-electron chi connectivity index (χ4n) is 1.19. The Balaban J connectivity index is 3.69. The van der Waals surface area contributed by atoms with Gasteiger partial charge in [-0.25, -0.2) is 0 Å². The number of nitrogens with zero attached hydrogens (tertiary/aromatic N) is 1. The molecule has 0 saturated heterocycles. The van der Waals surface area contributed by atoms with Crippen LogP contribution in [0, 0.1) is 5.92 Å². The molecule has 0 rings (SSSR count). The van der Waals surface area contributed by atoms with Gasteiger partial charge in [0.1, 0.15) is 0 Å². The second-order valence-corrected chi connectivity index (χ2v) is 3.52. The van der Waals surface area contributed by atoms with E-state index in [2.05, 4.69) is 25.6 Å². The first-order chi connectivity index (χ1) is 5.07. The van der Waals surface area contributed by atoms with Gasteiger partial charge >= 0.3 is 7.05 Å².